The molecular weight excluding hydrogens is 715 g/mol. The number of furan rings is 1. The zero-order chi connectivity index (χ0) is 39.5. The number of hydrogen-bond acceptors (Lipinski definition) is 2. The fourth-order valence-electron chi connectivity index (χ4n) is 9.26. The number of hydrogen-bond donors (Lipinski definition) is 0. The molecule has 0 unspecified atom stereocenters. The van der Waals surface area contributed by atoms with Gasteiger partial charge in [-0.1, -0.05) is 190 Å². The minimum absolute atomic E-state index is 0.157. The second kappa shape index (κ2) is 13.9. The molecule has 0 bridgehead atoms. The van der Waals surface area contributed by atoms with Gasteiger partial charge in [0.15, 0.2) is 0 Å². The zero-order valence-corrected chi connectivity index (χ0v) is 33.1. The van der Waals surface area contributed by atoms with Crippen LogP contribution in [0, 0.1) is 0 Å². The number of anilines is 3. The third kappa shape index (κ3) is 5.87. The van der Waals surface area contributed by atoms with Crippen molar-refractivity contribution in [3.05, 3.63) is 223 Å². The van der Waals surface area contributed by atoms with E-state index < -0.39 is 0 Å². The summed E-state index contributed by atoms with van der Waals surface area (Å²) in [6.07, 6.45) is 0. The Balaban J connectivity index is 1.15. The molecule has 1 heterocycles. The topological polar surface area (TPSA) is 16.4 Å². The molecule has 1 aliphatic rings. The first-order chi connectivity index (χ1) is 29.0. The van der Waals surface area contributed by atoms with Crippen LogP contribution in [-0.4, -0.2) is 0 Å². The molecule has 1 aliphatic carbocycles. The van der Waals surface area contributed by atoms with Crippen molar-refractivity contribution in [3.8, 4) is 55.6 Å². The Hall–Kier alpha value is -7.42. The van der Waals surface area contributed by atoms with Crippen molar-refractivity contribution in [3.63, 3.8) is 0 Å². The standard InChI is InChI=1S/C57H41NO/c1-57(2)52-22-11-9-18-46(52)47-35-33-45(37-53(47)57)58(44-31-28-41(29-32-44)39-16-7-4-8-17-39)54-36-43(42-26-24-40(25-27-42)38-14-5-3-6-15-38)30-34-48(54)50-20-13-21-51-49-19-10-12-23-55(49)59-56(50)51/h3-37H,1-2H3. The van der Waals surface area contributed by atoms with Gasteiger partial charge < -0.3 is 9.32 Å². The van der Waals surface area contributed by atoms with Crippen LogP contribution in [0.5, 0.6) is 0 Å². The molecule has 2 nitrogen and oxygen atoms in total. The Morgan fingerprint density at radius 1 is 0.356 bits per heavy atom. The third-order valence-corrected chi connectivity index (χ3v) is 12.3. The average Bonchev–Trinajstić information content (AvgIpc) is 3.79. The van der Waals surface area contributed by atoms with Gasteiger partial charge >= 0.3 is 0 Å². The van der Waals surface area contributed by atoms with Gasteiger partial charge in [-0.3, -0.25) is 0 Å². The minimum atomic E-state index is -0.157. The van der Waals surface area contributed by atoms with Crippen molar-refractivity contribution in [1.29, 1.82) is 0 Å². The lowest BCUT2D eigenvalue weighted by atomic mass is 9.82. The first kappa shape index (κ1) is 34.8. The highest BCUT2D eigenvalue weighted by atomic mass is 16.3. The van der Waals surface area contributed by atoms with Crippen LogP contribution >= 0.6 is 0 Å². The Labute approximate surface area is 345 Å². The van der Waals surface area contributed by atoms with Gasteiger partial charge in [0.25, 0.3) is 0 Å². The number of para-hydroxylation sites is 2. The molecular formula is C57H41NO. The van der Waals surface area contributed by atoms with Crippen LogP contribution in [0.4, 0.5) is 17.1 Å². The quantitative estimate of drug-likeness (QED) is 0.161. The molecule has 10 aromatic rings. The molecule has 0 spiro atoms. The number of benzene rings is 9. The van der Waals surface area contributed by atoms with E-state index in [9.17, 15) is 0 Å². The second-order valence-electron chi connectivity index (χ2n) is 16.1. The molecule has 11 rings (SSSR count). The van der Waals surface area contributed by atoms with E-state index in [1.165, 1.54) is 44.5 Å². The molecule has 0 saturated heterocycles. The van der Waals surface area contributed by atoms with E-state index in [1.807, 2.05) is 6.07 Å². The van der Waals surface area contributed by atoms with Crippen molar-refractivity contribution < 1.29 is 4.42 Å². The fourth-order valence-corrected chi connectivity index (χ4v) is 9.26. The minimum Gasteiger partial charge on any atom is -0.455 e. The first-order valence-electron chi connectivity index (χ1n) is 20.4. The highest BCUT2D eigenvalue weighted by molar-refractivity contribution is 6.11. The van der Waals surface area contributed by atoms with Crippen LogP contribution in [0.25, 0.3) is 77.6 Å². The largest absolute Gasteiger partial charge is 0.455 e. The lowest BCUT2D eigenvalue weighted by Crippen LogP contribution is -2.17. The van der Waals surface area contributed by atoms with E-state index in [0.717, 1.165) is 61.3 Å². The molecule has 2 heteroatoms. The molecule has 1 aromatic heterocycles. The summed E-state index contributed by atoms with van der Waals surface area (Å²) >= 11 is 0. The third-order valence-electron chi connectivity index (χ3n) is 12.3. The molecule has 0 radical (unpaired) electrons. The predicted molar refractivity (Wildman–Crippen MR) is 248 cm³/mol. The summed E-state index contributed by atoms with van der Waals surface area (Å²) in [5, 5.41) is 2.23. The van der Waals surface area contributed by atoms with Gasteiger partial charge in [-0.2, -0.15) is 0 Å². The highest BCUT2D eigenvalue weighted by Crippen LogP contribution is 2.52. The lowest BCUT2D eigenvalue weighted by Gasteiger charge is -2.30. The Morgan fingerprint density at radius 2 is 0.864 bits per heavy atom. The van der Waals surface area contributed by atoms with Gasteiger partial charge in [0, 0.05) is 38.7 Å². The average molecular weight is 756 g/mol. The molecule has 0 aliphatic heterocycles. The van der Waals surface area contributed by atoms with Gasteiger partial charge in [0.1, 0.15) is 11.2 Å². The van der Waals surface area contributed by atoms with Gasteiger partial charge in [-0.25, -0.2) is 0 Å². The predicted octanol–water partition coefficient (Wildman–Crippen LogP) is 16.0. The van der Waals surface area contributed by atoms with Crippen LogP contribution in [0.2, 0.25) is 0 Å². The van der Waals surface area contributed by atoms with Crippen molar-refractivity contribution in [2.24, 2.45) is 0 Å². The summed E-state index contributed by atoms with van der Waals surface area (Å²) in [6, 6.07) is 76.9. The van der Waals surface area contributed by atoms with Gasteiger partial charge in [0.2, 0.25) is 0 Å². The maximum atomic E-state index is 6.72. The first-order valence-corrected chi connectivity index (χ1v) is 20.4. The van der Waals surface area contributed by atoms with E-state index in [-0.39, 0.29) is 5.41 Å². The van der Waals surface area contributed by atoms with E-state index in [1.54, 1.807) is 0 Å². The van der Waals surface area contributed by atoms with Crippen LogP contribution in [0.3, 0.4) is 0 Å². The molecule has 0 saturated carbocycles. The molecule has 9 aromatic carbocycles. The van der Waals surface area contributed by atoms with Crippen LogP contribution < -0.4 is 4.90 Å². The number of rotatable bonds is 7. The van der Waals surface area contributed by atoms with Crippen LogP contribution in [-0.2, 0) is 5.41 Å². The molecule has 0 amide bonds. The molecule has 280 valence electrons. The SMILES string of the molecule is CC1(C)c2ccccc2-c2ccc(N(c3ccc(-c4ccccc4)cc3)c3cc(-c4ccc(-c5ccccc5)cc4)ccc3-c3cccc4c3oc3ccccc34)cc21. The van der Waals surface area contributed by atoms with E-state index in [2.05, 4.69) is 225 Å². The van der Waals surface area contributed by atoms with Gasteiger partial charge in [0.05, 0.1) is 5.69 Å². The summed E-state index contributed by atoms with van der Waals surface area (Å²) in [6.45, 7) is 4.71. The van der Waals surface area contributed by atoms with Crippen molar-refractivity contribution in [2.75, 3.05) is 4.90 Å². The molecule has 59 heavy (non-hydrogen) atoms. The zero-order valence-electron chi connectivity index (χ0n) is 33.1. The molecule has 0 N–H and O–H groups in total. The van der Waals surface area contributed by atoms with Crippen molar-refractivity contribution in [2.45, 2.75) is 19.3 Å². The fraction of sp³-hybridized carbons (Fsp3) is 0.0526. The number of nitrogens with zero attached hydrogens (tertiary/aromatic N) is 1. The van der Waals surface area contributed by atoms with Crippen LogP contribution in [0.15, 0.2) is 217 Å². The van der Waals surface area contributed by atoms with Crippen molar-refractivity contribution in [1.82, 2.24) is 0 Å². The smallest absolute Gasteiger partial charge is 0.143 e. The summed E-state index contributed by atoms with van der Waals surface area (Å²) in [4.78, 5) is 2.45. The van der Waals surface area contributed by atoms with E-state index >= 15 is 0 Å². The second-order valence-corrected chi connectivity index (χ2v) is 16.1. The Morgan fingerprint density at radius 3 is 1.59 bits per heavy atom. The monoisotopic (exact) mass is 755 g/mol. The van der Waals surface area contributed by atoms with Crippen LogP contribution in [0.1, 0.15) is 25.0 Å². The maximum Gasteiger partial charge on any atom is 0.143 e. The molecule has 0 atom stereocenters. The van der Waals surface area contributed by atoms with E-state index in [0.29, 0.717) is 0 Å². The highest BCUT2D eigenvalue weighted by Gasteiger charge is 2.36. The Bertz CT molecular complexity index is 3160. The lowest BCUT2D eigenvalue weighted by molar-refractivity contribution is 0.660. The van der Waals surface area contributed by atoms with Crippen molar-refractivity contribution >= 4 is 39.0 Å². The van der Waals surface area contributed by atoms with E-state index in [4.69, 9.17) is 4.42 Å². The Kier molecular flexibility index (Phi) is 8.20. The summed E-state index contributed by atoms with van der Waals surface area (Å²) < 4.78 is 6.72. The normalized spacial score (nSPS) is 12.7. The number of fused-ring (bicyclic) bond motifs is 6. The maximum absolute atomic E-state index is 6.72. The molecule has 0 fully saturated rings. The van der Waals surface area contributed by atoms with Gasteiger partial charge in [-0.15, -0.1) is 0 Å². The summed E-state index contributed by atoms with van der Waals surface area (Å²) in [5.41, 5.74) is 19.4. The van der Waals surface area contributed by atoms with Gasteiger partial charge in [-0.05, 0) is 92.0 Å². The summed E-state index contributed by atoms with van der Waals surface area (Å²) in [7, 11) is 0. The summed E-state index contributed by atoms with van der Waals surface area (Å²) in [5.74, 6) is 0.